The minimum absolute atomic E-state index is 0.0322. The Kier molecular flexibility index (Phi) is 3.70. The summed E-state index contributed by atoms with van der Waals surface area (Å²) >= 11 is 0. The Morgan fingerprint density at radius 3 is 2.70 bits per heavy atom. The van der Waals surface area contributed by atoms with Crippen LogP contribution in [-0.4, -0.2) is 15.0 Å². The maximum atomic E-state index is 13.5. The van der Waals surface area contributed by atoms with E-state index in [-0.39, 0.29) is 17.3 Å². The predicted molar refractivity (Wildman–Crippen MR) is 89.0 cm³/mol. The molecule has 1 heterocycles. The van der Waals surface area contributed by atoms with Gasteiger partial charge in [0.25, 0.3) is 0 Å². The fraction of sp³-hybridized carbons (Fsp3) is 0.471. The van der Waals surface area contributed by atoms with E-state index in [2.05, 4.69) is 53.2 Å². The second-order valence-electron chi connectivity index (χ2n) is 6.49. The summed E-state index contributed by atoms with van der Waals surface area (Å²) < 4.78 is 13.5. The first-order valence-electron chi connectivity index (χ1n) is 7.83. The molecule has 2 atom stereocenters. The lowest BCUT2D eigenvalue weighted by molar-refractivity contribution is 0.356. The Bertz CT molecular complexity index is 759. The van der Waals surface area contributed by atoms with Gasteiger partial charge in [0.1, 0.15) is 0 Å². The van der Waals surface area contributed by atoms with Gasteiger partial charge in [-0.15, -0.1) is 0 Å². The van der Waals surface area contributed by atoms with Gasteiger partial charge >= 0.3 is 0 Å². The first-order valence-corrected chi connectivity index (χ1v) is 7.83. The zero-order valence-corrected chi connectivity index (χ0v) is 13.9. The van der Waals surface area contributed by atoms with Crippen molar-refractivity contribution in [2.75, 3.05) is 11.1 Å². The molecule has 0 saturated heterocycles. The van der Waals surface area contributed by atoms with Crippen LogP contribution in [-0.2, 0) is 12.0 Å². The van der Waals surface area contributed by atoms with Crippen molar-refractivity contribution >= 4 is 11.9 Å². The summed E-state index contributed by atoms with van der Waals surface area (Å²) in [6.45, 7) is 7.76. The van der Waals surface area contributed by atoms with Crippen molar-refractivity contribution in [1.29, 1.82) is 0 Å². The number of fused-ring (bicyclic) bond motifs is 1. The van der Waals surface area contributed by atoms with E-state index in [9.17, 15) is 4.39 Å². The number of rotatable bonds is 3. The van der Waals surface area contributed by atoms with Gasteiger partial charge in [0.2, 0.25) is 11.9 Å². The molecule has 0 spiro atoms. The largest absolute Gasteiger partial charge is 0.368 e. The van der Waals surface area contributed by atoms with Crippen molar-refractivity contribution in [3.63, 3.8) is 0 Å². The van der Waals surface area contributed by atoms with E-state index in [1.54, 1.807) is 0 Å². The molecule has 1 aliphatic rings. The van der Waals surface area contributed by atoms with Crippen LogP contribution in [0.2, 0.25) is 0 Å². The minimum Gasteiger partial charge on any atom is -0.368 e. The highest BCUT2D eigenvalue weighted by molar-refractivity contribution is 5.51. The van der Waals surface area contributed by atoms with Crippen LogP contribution >= 0.6 is 0 Å². The zero-order chi connectivity index (χ0) is 16.8. The number of nitrogens with zero attached hydrogens (tertiary/aromatic N) is 3. The van der Waals surface area contributed by atoms with Crippen molar-refractivity contribution in [1.82, 2.24) is 15.0 Å². The molecule has 6 heteroatoms. The molecule has 1 aliphatic carbocycles. The summed E-state index contributed by atoms with van der Waals surface area (Å²) in [7, 11) is 0. The van der Waals surface area contributed by atoms with Gasteiger partial charge in [-0.3, -0.25) is 0 Å². The molecule has 122 valence electrons. The first kappa shape index (κ1) is 15.6. The van der Waals surface area contributed by atoms with Crippen molar-refractivity contribution in [2.45, 2.75) is 52.2 Å². The molecule has 1 aromatic carbocycles. The van der Waals surface area contributed by atoms with Crippen LogP contribution in [0.25, 0.3) is 0 Å². The molecule has 0 bridgehead atoms. The lowest BCUT2D eigenvalue weighted by Gasteiger charge is -2.29. The minimum atomic E-state index is -1.28. The van der Waals surface area contributed by atoms with Crippen molar-refractivity contribution in [3.05, 3.63) is 40.2 Å². The molecule has 0 aliphatic heterocycles. The SMILES string of the molecule is Cc1ccc2c(c1C)[C@](C)(Nc1nc(N)nc([C@H](C)F)n1)CC2. The number of aryl methyl sites for hydroxylation is 2. The van der Waals surface area contributed by atoms with E-state index < -0.39 is 6.17 Å². The highest BCUT2D eigenvalue weighted by Crippen LogP contribution is 2.41. The van der Waals surface area contributed by atoms with E-state index >= 15 is 0 Å². The second kappa shape index (κ2) is 5.44. The number of benzene rings is 1. The number of nitrogen functional groups attached to an aromatic ring is 1. The van der Waals surface area contributed by atoms with Crippen LogP contribution in [0, 0.1) is 13.8 Å². The van der Waals surface area contributed by atoms with E-state index in [0.29, 0.717) is 5.95 Å². The number of halogens is 1. The summed E-state index contributed by atoms with van der Waals surface area (Å²) in [5.41, 5.74) is 10.6. The number of nitrogens with two attached hydrogens (primary N) is 1. The van der Waals surface area contributed by atoms with Gasteiger partial charge in [0, 0.05) is 0 Å². The van der Waals surface area contributed by atoms with Crippen LogP contribution in [0.3, 0.4) is 0 Å². The number of nitrogens with one attached hydrogen (secondary N) is 1. The molecular weight excluding hydrogens is 293 g/mol. The number of hydrogen-bond acceptors (Lipinski definition) is 5. The third kappa shape index (κ3) is 2.73. The standard InChI is InChI=1S/C17H22FN5/c1-9-5-6-12-7-8-17(4,13(12)10(9)2)23-16-21-14(11(3)18)20-15(19)22-16/h5-6,11H,7-8H2,1-4H3,(H3,19,20,21,22,23)/t11-,17+/m0/s1. The zero-order valence-electron chi connectivity index (χ0n) is 13.9. The summed E-state index contributed by atoms with van der Waals surface area (Å²) in [5.74, 6) is 0.417. The Morgan fingerprint density at radius 1 is 1.26 bits per heavy atom. The summed E-state index contributed by atoms with van der Waals surface area (Å²) in [6, 6.07) is 4.34. The molecule has 5 nitrogen and oxygen atoms in total. The molecule has 0 radical (unpaired) electrons. The van der Waals surface area contributed by atoms with Gasteiger partial charge in [-0.1, -0.05) is 12.1 Å². The normalized spacial score (nSPS) is 21.1. The Hall–Kier alpha value is -2.24. The van der Waals surface area contributed by atoms with E-state index in [1.807, 2.05) is 0 Å². The Labute approximate surface area is 135 Å². The average molecular weight is 315 g/mol. The first-order chi connectivity index (χ1) is 10.8. The molecule has 0 saturated carbocycles. The van der Waals surface area contributed by atoms with Crippen LogP contribution in [0.15, 0.2) is 12.1 Å². The fourth-order valence-electron chi connectivity index (χ4n) is 3.37. The van der Waals surface area contributed by atoms with Gasteiger partial charge in [-0.05, 0) is 62.8 Å². The summed E-state index contributed by atoms with van der Waals surface area (Å²) in [6.07, 6.45) is 0.638. The van der Waals surface area contributed by atoms with Gasteiger partial charge in [0.15, 0.2) is 12.0 Å². The molecule has 1 aromatic heterocycles. The van der Waals surface area contributed by atoms with E-state index in [0.717, 1.165) is 12.8 Å². The summed E-state index contributed by atoms with van der Waals surface area (Å²) in [5, 5.41) is 3.37. The van der Waals surface area contributed by atoms with Gasteiger partial charge in [-0.25, -0.2) is 4.39 Å². The van der Waals surface area contributed by atoms with Gasteiger partial charge < -0.3 is 11.1 Å². The summed E-state index contributed by atoms with van der Waals surface area (Å²) in [4.78, 5) is 12.2. The molecule has 3 N–H and O–H groups in total. The van der Waals surface area contributed by atoms with E-state index in [4.69, 9.17) is 5.73 Å². The lowest BCUT2D eigenvalue weighted by atomic mass is 9.88. The molecule has 0 amide bonds. The molecule has 0 unspecified atom stereocenters. The third-order valence-electron chi connectivity index (χ3n) is 4.68. The lowest BCUT2D eigenvalue weighted by Crippen LogP contribution is -2.31. The maximum absolute atomic E-state index is 13.5. The monoisotopic (exact) mass is 315 g/mol. The fourth-order valence-corrected chi connectivity index (χ4v) is 3.37. The third-order valence-corrected chi connectivity index (χ3v) is 4.68. The average Bonchev–Trinajstić information content (AvgIpc) is 2.80. The number of hydrogen-bond donors (Lipinski definition) is 2. The molecule has 2 aromatic rings. The topological polar surface area (TPSA) is 76.7 Å². The van der Waals surface area contributed by atoms with Crippen LogP contribution in [0.1, 0.15) is 54.5 Å². The van der Waals surface area contributed by atoms with Gasteiger partial charge in [-0.2, -0.15) is 15.0 Å². The quantitative estimate of drug-likeness (QED) is 0.908. The number of anilines is 2. The smallest absolute Gasteiger partial charge is 0.228 e. The number of aromatic nitrogens is 3. The Morgan fingerprint density at radius 2 is 2.00 bits per heavy atom. The highest BCUT2D eigenvalue weighted by atomic mass is 19.1. The van der Waals surface area contributed by atoms with Crippen molar-refractivity contribution in [2.24, 2.45) is 0 Å². The molecule has 3 rings (SSSR count). The highest BCUT2D eigenvalue weighted by Gasteiger charge is 2.36. The van der Waals surface area contributed by atoms with Gasteiger partial charge in [0.05, 0.1) is 5.54 Å². The molecule has 0 fully saturated rings. The van der Waals surface area contributed by atoms with Crippen LogP contribution in [0.4, 0.5) is 16.3 Å². The van der Waals surface area contributed by atoms with Crippen molar-refractivity contribution in [3.8, 4) is 0 Å². The van der Waals surface area contributed by atoms with Crippen LogP contribution in [0.5, 0.6) is 0 Å². The molecular formula is C17H22FN5. The van der Waals surface area contributed by atoms with E-state index in [1.165, 1.54) is 29.2 Å². The second-order valence-corrected chi connectivity index (χ2v) is 6.49. The van der Waals surface area contributed by atoms with Crippen molar-refractivity contribution < 1.29 is 4.39 Å². The Balaban J connectivity index is 2.01. The maximum Gasteiger partial charge on any atom is 0.228 e. The predicted octanol–water partition coefficient (Wildman–Crippen LogP) is 3.37. The number of alkyl halides is 1. The molecule has 23 heavy (non-hydrogen) atoms. The van der Waals surface area contributed by atoms with Crippen LogP contribution < -0.4 is 11.1 Å².